The average Bonchev–Trinajstić information content (AvgIpc) is 3.15. The van der Waals surface area contributed by atoms with Crippen LogP contribution in [0.25, 0.3) is 0 Å². The number of rotatable bonds is 9. The molecule has 4 nitrogen and oxygen atoms in total. The van der Waals surface area contributed by atoms with Gasteiger partial charge in [-0.2, -0.15) is 0 Å². The highest BCUT2D eigenvalue weighted by molar-refractivity contribution is 5.86. The number of nitrogens with two attached hydrogens (primary N) is 1. The summed E-state index contributed by atoms with van der Waals surface area (Å²) in [6, 6.07) is 0.654. The third-order valence-corrected chi connectivity index (χ3v) is 5.10. The molecule has 0 saturated heterocycles. The zero-order valence-electron chi connectivity index (χ0n) is 13.2. The number of amides is 1. The van der Waals surface area contributed by atoms with Crippen LogP contribution >= 0.6 is 0 Å². The minimum Gasteiger partial charge on any atom is -0.368 e. The van der Waals surface area contributed by atoms with Gasteiger partial charge < -0.3 is 11.1 Å². The van der Waals surface area contributed by atoms with Gasteiger partial charge in [-0.05, 0) is 51.1 Å². The number of hydrogen-bond donors (Lipinski definition) is 2. The van der Waals surface area contributed by atoms with Crippen molar-refractivity contribution in [2.75, 3.05) is 19.6 Å². The lowest BCUT2D eigenvalue weighted by atomic mass is 9.90. The minimum absolute atomic E-state index is 0.148. The Morgan fingerprint density at radius 3 is 2.35 bits per heavy atom. The van der Waals surface area contributed by atoms with E-state index in [1.165, 1.54) is 25.7 Å². The molecule has 0 heterocycles. The Hall–Kier alpha value is -0.610. The van der Waals surface area contributed by atoms with Gasteiger partial charge in [0.05, 0.1) is 0 Å². The molecule has 3 N–H and O–H groups in total. The van der Waals surface area contributed by atoms with Crippen molar-refractivity contribution in [2.45, 2.75) is 70.4 Å². The van der Waals surface area contributed by atoms with Gasteiger partial charge in [-0.15, -0.1) is 0 Å². The second-order valence-electron chi connectivity index (χ2n) is 6.54. The Balaban J connectivity index is 2.10. The van der Waals surface area contributed by atoms with Crippen molar-refractivity contribution in [3.63, 3.8) is 0 Å². The molecule has 2 aliphatic rings. The maximum Gasteiger partial charge on any atom is 0.239 e. The van der Waals surface area contributed by atoms with Crippen molar-refractivity contribution >= 4 is 5.91 Å². The second-order valence-corrected chi connectivity index (χ2v) is 6.54. The molecule has 2 aliphatic carbocycles. The molecule has 2 rings (SSSR count). The first kappa shape index (κ1) is 15.8. The van der Waals surface area contributed by atoms with Crippen LogP contribution in [0.5, 0.6) is 0 Å². The molecule has 0 bridgehead atoms. The van der Waals surface area contributed by atoms with Crippen LogP contribution in [0.1, 0.15) is 58.8 Å². The molecule has 2 saturated carbocycles. The predicted octanol–water partition coefficient (Wildman–Crippen LogP) is 1.88. The summed E-state index contributed by atoms with van der Waals surface area (Å²) in [6.45, 7) is 7.03. The van der Waals surface area contributed by atoms with E-state index in [0.29, 0.717) is 12.0 Å². The number of nitrogens with zero attached hydrogens (tertiary/aromatic N) is 1. The summed E-state index contributed by atoms with van der Waals surface area (Å²) in [6.07, 6.45) is 8.54. The van der Waals surface area contributed by atoms with Crippen molar-refractivity contribution in [2.24, 2.45) is 11.7 Å². The van der Waals surface area contributed by atoms with Crippen molar-refractivity contribution < 1.29 is 4.79 Å². The Morgan fingerprint density at radius 2 is 1.90 bits per heavy atom. The van der Waals surface area contributed by atoms with E-state index in [-0.39, 0.29) is 5.91 Å². The normalized spacial score (nSPS) is 23.1. The molecule has 0 aliphatic heterocycles. The SMILES string of the molecule is CCCNC(CN(CC)C1CCCC1)(C(N)=O)C1CC1. The lowest BCUT2D eigenvalue weighted by Gasteiger charge is -2.39. The third kappa shape index (κ3) is 3.34. The molecule has 2 fully saturated rings. The van der Waals surface area contributed by atoms with Gasteiger partial charge >= 0.3 is 0 Å². The highest BCUT2D eigenvalue weighted by Gasteiger charge is 2.50. The molecule has 20 heavy (non-hydrogen) atoms. The first-order valence-corrected chi connectivity index (χ1v) is 8.43. The molecule has 1 unspecified atom stereocenters. The molecule has 0 spiro atoms. The van der Waals surface area contributed by atoms with Crippen LogP contribution in [0.2, 0.25) is 0 Å². The van der Waals surface area contributed by atoms with Crippen LogP contribution in [0.15, 0.2) is 0 Å². The predicted molar refractivity (Wildman–Crippen MR) is 82.4 cm³/mol. The minimum atomic E-state index is -0.491. The van der Waals surface area contributed by atoms with E-state index in [2.05, 4.69) is 24.1 Å². The van der Waals surface area contributed by atoms with E-state index < -0.39 is 5.54 Å². The van der Waals surface area contributed by atoms with Crippen LogP contribution in [-0.4, -0.2) is 42.0 Å². The van der Waals surface area contributed by atoms with Crippen molar-refractivity contribution in [3.05, 3.63) is 0 Å². The standard InChI is InChI=1S/C16H31N3O/c1-3-11-18-16(15(17)20,13-9-10-13)12-19(4-2)14-7-5-6-8-14/h13-14,18H,3-12H2,1-2H3,(H2,17,20). The van der Waals surface area contributed by atoms with Crippen LogP contribution in [0.3, 0.4) is 0 Å². The van der Waals surface area contributed by atoms with E-state index in [9.17, 15) is 4.79 Å². The Morgan fingerprint density at radius 1 is 1.25 bits per heavy atom. The number of carbonyl (C=O) groups excluding carboxylic acids is 1. The number of primary amides is 1. The number of likely N-dealkylation sites (N-methyl/N-ethyl adjacent to an activating group) is 1. The zero-order valence-corrected chi connectivity index (χ0v) is 13.2. The van der Waals surface area contributed by atoms with Crippen LogP contribution < -0.4 is 11.1 Å². The van der Waals surface area contributed by atoms with Gasteiger partial charge in [0.25, 0.3) is 0 Å². The first-order valence-electron chi connectivity index (χ1n) is 8.43. The average molecular weight is 281 g/mol. The topological polar surface area (TPSA) is 58.4 Å². The van der Waals surface area contributed by atoms with Gasteiger partial charge in [-0.1, -0.05) is 26.7 Å². The highest BCUT2D eigenvalue weighted by Crippen LogP contribution is 2.41. The molecule has 1 atom stereocenters. The van der Waals surface area contributed by atoms with Crippen molar-refractivity contribution in [3.8, 4) is 0 Å². The summed E-state index contributed by atoms with van der Waals surface area (Å²) in [7, 11) is 0. The lowest BCUT2D eigenvalue weighted by Crippen LogP contribution is -2.64. The van der Waals surface area contributed by atoms with E-state index >= 15 is 0 Å². The molecular formula is C16H31N3O. The Kier molecular flexibility index (Phi) is 5.44. The molecule has 0 radical (unpaired) electrons. The fourth-order valence-corrected chi connectivity index (χ4v) is 3.71. The van der Waals surface area contributed by atoms with Gasteiger partial charge in [0, 0.05) is 12.6 Å². The van der Waals surface area contributed by atoms with Crippen LogP contribution in [-0.2, 0) is 4.79 Å². The summed E-state index contributed by atoms with van der Waals surface area (Å²) >= 11 is 0. The number of carbonyl (C=O) groups is 1. The summed E-state index contributed by atoms with van der Waals surface area (Å²) in [5.41, 5.74) is 5.34. The summed E-state index contributed by atoms with van der Waals surface area (Å²) < 4.78 is 0. The number of nitrogens with one attached hydrogen (secondary N) is 1. The molecule has 1 amide bonds. The van der Waals surface area contributed by atoms with E-state index in [0.717, 1.165) is 38.9 Å². The van der Waals surface area contributed by atoms with E-state index in [1.807, 2.05) is 0 Å². The fourth-order valence-electron chi connectivity index (χ4n) is 3.71. The zero-order chi connectivity index (χ0) is 14.6. The quantitative estimate of drug-likeness (QED) is 0.678. The van der Waals surface area contributed by atoms with Gasteiger partial charge in [0.15, 0.2) is 0 Å². The van der Waals surface area contributed by atoms with E-state index in [4.69, 9.17) is 5.73 Å². The number of hydrogen-bond acceptors (Lipinski definition) is 3. The molecule has 0 aromatic heterocycles. The van der Waals surface area contributed by atoms with Crippen molar-refractivity contribution in [1.82, 2.24) is 10.2 Å². The van der Waals surface area contributed by atoms with Gasteiger partial charge in [-0.3, -0.25) is 9.69 Å². The first-order chi connectivity index (χ1) is 9.64. The van der Waals surface area contributed by atoms with Gasteiger partial charge in [-0.25, -0.2) is 0 Å². The molecule has 0 aromatic carbocycles. The summed E-state index contributed by atoms with van der Waals surface area (Å²) in [5, 5.41) is 3.52. The molecular weight excluding hydrogens is 250 g/mol. The Bertz CT molecular complexity index is 324. The van der Waals surface area contributed by atoms with Gasteiger partial charge in [0.2, 0.25) is 5.91 Å². The lowest BCUT2D eigenvalue weighted by molar-refractivity contribution is -0.126. The maximum atomic E-state index is 12.2. The fraction of sp³-hybridized carbons (Fsp3) is 0.938. The molecule has 0 aromatic rings. The van der Waals surface area contributed by atoms with Crippen LogP contribution in [0, 0.1) is 5.92 Å². The summed E-state index contributed by atoms with van der Waals surface area (Å²) in [4.78, 5) is 14.7. The molecule has 116 valence electrons. The second kappa shape index (κ2) is 6.90. The smallest absolute Gasteiger partial charge is 0.239 e. The van der Waals surface area contributed by atoms with Crippen molar-refractivity contribution in [1.29, 1.82) is 0 Å². The van der Waals surface area contributed by atoms with Gasteiger partial charge in [0.1, 0.15) is 5.54 Å². The Labute approximate surface area is 123 Å². The maximum absolute atomic E-state index is 12.2. The third-order valence-electron chi connectivity index (χ3n) is 5.10. The van der Waals surface area contributed by atoms with E-state index in [1.54, 1.807) is 0 Å². The largest absolute Gasteiger partial charge is 0.368 e. The highest BCUT2D eigenvalue weighted by atomic mass is 16.1. The monoisotopic (exact) mass is 281 g/mol. The summed E-state index contributed by atoms with van der Waals surface area (Å²) in [5.74, 6) is 0.298. The van der Waals surface area contributed by atoms with Crippen LogP contribution in [0.4, 0.5) is 0 Å². The molecule has 4 heteroatoms.